The number of aromatic nitrogens is 5. The molecule has 4 N–H and O–H groups in total. The number of nitrogen functional groups attached to an aromatic ring is 1. The molecule has 0 aliphatic rings. The summed E-state index contributed by atoms with van der Waals surface area (Å²) in [6, 6.07) is 10.3. The van der Waals surface area contributed by atoms with E-state index in [1.54, 1.807) is 31.2 Å². The highest BCUT2D eigenvalue weighted by Crippen LogP contribution is 2.29. The van der Waals surface area contributed by atoms with Crippen LogP contribution in [0, 0.1) is 0 Å². The van der Waals surface area contributed by atoms with Crippen molar-refractivity contribution in [2.24, 2.45) is 5.10 Å². The summed E-state index contributed by atoms with van der Waals surface area (Å²) in [5, 5.41) is 31.0. The number of para-hydroxylation sites is 1. The summed E-state index contributed by atoms with van der Waals surface area (Å²) in [4.78, 5) is 13.5. The van der Waals surface area contributed by atoms with Crippen molar-refractivity contribution in [3.05, 3.63) is 53.0 Å². The number of amides is 1. The molecular weight excluding hydrogens is 396 g/mol. The fourth-order valence-electron chi connectivity index (χ4n) is 2.58. The lowest BCUT2D eigenvalue weighted by atomic mass is 10.1. The van der Waals surface area contributed by atoms with Crippen LogP contribution in [0.15, 0.2) is 51.5 Å². The number of rotatable bonds is 5. The van der Waals surface area contributed by atoms with E-state index in [0.717, 1.165) is 0 Å². The number of hydrogen-bond acceptors (Lipinski definition) is 10. The average molecular weight is 410 g/mol. The first-order chi connectivity index (χ1) is 14.1. The predicted octanol–water partition coefficient (Wildman–Crippen LogP) is 1.82. The second-order valence-corrected chi connectivity index (χ2v) is 6.75. The van der Waals surface area contributed by atoms with Crippen LogP contribution in [0.4, 0.5) is 5.82 Å². The van der Waals surface area contributed by atoms with Gasteiger partial charge in [0.2, 0.25) is 11.6 Å². The van der Waals surface area contributed by atoms with Gasteiger partial charge in [0.1, 0.15) is 11.4 Å². The highest BCUT2D eigenvalue weighted by Gasteiger charge is 2.25. The van der Waals surface area contributed by atoms with Gasteiger partial charge in [-0.15, -0.1) is 16.4 Å². The van der Waals surface area contributed by atoms with Gasteiger partial charge in [0, 0.05) is 5.56 Å². The molecule has 12 heteroatoms. The van der Waals surface area contributed by atoms with Crippen LogP contribution < -0.4 is 11.2 Å². The van der Waals surface area contributed by atoms with Crippen LogP contribution in [0.3, 0.4) is 0 Å². The lowest BCUT2D eigenvalue weighted by Crippen LogP contribution is -2.20. The van der Waals surface area contributed by atoms with Gasteiger partial charge in [0.05, 0.1) is 10.6 Å². The van der Waals surface area contributed by atoms with Gasteiger partial charge in [-0.05, 0) is 40.8 Å². The molecule has 0 saturated heterocycles. The topological polar surface area (TPSA) is 157 Å². The quantitative estimate of drug-likeness (QED) is 0.332. The molecule has 0 bridgehead atoms. The van der Waals surface area contributed by atoms with Gasteiger partial charge in [-0.2, -0.15) is 9.78 Å². The van der Waals surface area contributed by atoms with Gasteiger partial charge in [-0.3, -0.25) is 4.79 Å². The van der Waals surface area contributed by atoms with Crippen molar-refractivity contribution < 1.29 is 14.5 Å². The van der Waals surface area contributed by atoms with E-state index in [4.69, 9.17) is 5.73 Å². The first kappa shape index (κ1) is 18.3. The fraction of sp³-hybridized carbons (Fsp3) is 0.0588. The number of nitrogens with zero attached hydrogens (tertiary/aromatic N) is 6. The third-order valence-corrected chi connectivity index (χ3v) is 4.83. The van der Waals surface area contributed by atoms with Gasteiger partial charge >= 0.3 is 0 Å². The van der Waals surface area contributed by atoms with Gasteiger partial charge in [0.15, 0.2) is 5.69 Å². The lowest BCUT2D eigenvalue weighted by molar-refractivity contribution is 0.0950. The molecule has 4 rings (SSSR count). The van der Waals surface area contributed by atoms with E-state index in [9.17, 15) is 9.90 Å². The standard InChI is InChI=1S/C17H14N8O3S/c1-9(10-5-2-3-6-11(10)26)19-21-17(27)13-14(12-7-4-8-29-12)25(24-20-13)16-15(18)22-28-23-16/h2-8,26H,1H3,(H2,18,22)(H,21,27)/b19-9-. The van der Waals surface area contributed by atoms with E-state index in [-0.39, 0.29) is 23.1 Å². The Labute approximate surface area is 167 Å². The van der Waals surface area contributed by atoms with E-state index in [1.165, 1.54) is 22.1 Å². The number of aromatic hydroxyl groups is 1. The fourth-order valence-corrected chi connectivity index (χ4v) is 3.34. The van der Waals surface area contributed by atoms with Crippen LogP contribution in [-0.2, 0) is 0 Å². The molecule has 0 radical (unpaired) electrons. The van der Waals surface area contributed by atoms with Crippen LogP contribution >= 0.6 is 11.3 Å². The number of hydrogen-bond donors (Lipinski definition) is 3. The summed E-state index contributed by atoms with van der Waals surface area (Å²) >= 11 is 1.38. The minimum atomic E-state index is -0.593. The van der Waals surface area contributed by atoms with E-state index < -0.39 is 5.91 Å². The molecule has 0 fully saturated rings. The number of phenols is 1. The Bertz CT molecular complexity index is 1200. The molecule has 3 heterocycles. The summed E-state index contributed by atoms with van der Waals surface area (Å²) in [6.07, 6.45) is 0. The molecule has 0 spiro atoms. The molecule has 11 nitrogen and oxygen atoms in total. The van der Waals surface area contributed by atoms with Crippen LogP contribution in [-0.4, -0.2) is 42.0 Å². The zero-order valence-corrected chi connectivity index (χ0v) is 15.8. The molecule has 1 aromatic carbocycles. The van der Waals surface area contributed by atoms with Gasteiger partial charge < -0.3 is 10.8 Å². The number of phenolic OH excluding ortho intramolecular Hbond substituents is 1. The number of carbonyl (C=O) groups excluding carboxylic acids is 1. The molecule has 4 aromatic rings. The van der Waals surface area contributed by atoms with Crippen molar-refractivity contribution in [2.45, 2.75) is 6.92 Å². The highest BCUT2D eigenvalue weighted by molar-refractivity contribution is 7.13. The number of carbonyl (C=O) groups is 1. The number of nitrogens with two attached hydrogens (primary N) is 1. The SMILES string of the molecule is C/C(=N/NC(=O)c1nnn(-c2nonc2N)c1-c1cccs1)c1ccccc1O. The Morgan fingerprint density at radius 1 is 1.28 bits per heavy atom. The summed E-state index contributed by atoms with van der Waals surface area (Å²) < 4.78 is 5.91. The van der Waals surface area contributed by atoms with E-state index in [0.29, 0.717) is 21.8 Å². The molecular formula is C17H14N8O3S. The molecule has 29 heavy (non-hydrogen) atoms. The molecule has 0 atom stereocenters. The Hall–Kier alpha value is -4.06. The minimum absolute atomic E-state index is 0.00748. The van der Waals surface area contributed by atoms with Crippen molar-refractivity contribution in [1.29, 1.82) is 0 Å². The summed E-state index contributed by atoms with van der Waals surface area (Å²) in [5.41, 5.74) is 9.50. The molecule has 146 valence electrons. The maximum Gasteiger partial charge on any atom is 0.294 e. The van der Waals surface area contributed by atoms with Crippen molar-refractivity contribution in [1.82, 2.24) is 30.7 Å². The molecule has 0 aliphatic heterocycles. The number of nitrogens with one attached hydrogen (secondary N) is 1. The summed E-state index contributed by atoms with van der Waals surface area (Å²) in [5.74, 6) is -0.409. The summed E-state index contributed by atoms with van der Waals surface area (Å²) in [6.45, 7) is 1.66. The third kappa shape index (κ3) is 3.43. The van der Waals surface area contributed by atoms with Gasteiger partial charge in [-0.25, -0.2) is 10.1 Å². The minimum Gasteiger partial charge on any atom is -0.507 e. The van der Waals surface area contributed by atoms with Crippen LogP contribution in [0.5, 0.6) is 5.75 Å². The normalized spacial score (nSPS) is 11.6. The van der Waals surface area contributed by atoms with E-state index >= 15 is 0 Å². The smallest absolute Gasteiger partial charge is 0.294 e. The second kappa shape index (κ2) is 7.52. The molecule has 0 unspecified atom stereocenters. The van der Waals surface area contributed by atoms with Crippen LogP contribution in [0.1, 0.15) is 23.0 Å². The Morgan fingerprint density at radius 3 is 2.79 bits per heavy atom. The molecule has 3 aromatic heterocycles. The summed E-state index contributed by atoms with van der Waals surface area (Å²) in [7, 11) is 0. The van der Waals surface area contributed by atoms with Crippen molar-refractivity contribution >= 4 is 28.8 Å². The van der Waals surface area contributed by atoms with E-state index in [2.05, 4.69) is 35.8 Å². The zero-order chi connectivity index (χ0) is 20.4. The second-order valence-electron chi connectivity index (χ2n) is 5.80. The number of anilines is 1. The first-order valence-electron chi connectivity index (χ1n) is 8.27. The predicted molar refractivity (Wildman–Crippen MR) is 105 cm³/mol. The van der Waals surface area contributed by atoms with Crippen LogP contribution in [0.2, 0.25) is 0 Å². The maximum absolute atomic E-state index is 12.8. The first-order valence-corrected chi connectivity index (χ1v) is 9.15. The Kier molecular flexibility index (Phi) is 4.75. The lowest BCUT2D eigenvalue weighted by Gasteiger charge is -2.05. The molecule has 1 amide bonds. The van der Waals surface area contributed by atoms with Gasteiger partial charge in [0.25, 0.3) is 5.91 Å². The van der Waals surface area contributed by atoms with Crippen molar-refractivity contribution in [2.75, 3.05) is 5.73 Å². The maximum atomic E-state index is 12.8. The van der Waals surface area contributed by atoms with Crippen molar-refractivity contribution in [3.8, 4) is 22.1 Å². The molecule has 0 aliphatic carbocycles. The Morgan fingerprint density at radius 2 is 2.10 bits per heavy atom. The number of thiophene rings is 1. The molecule has 0 saturated carbocycles. The van der Waals surface area contributed by atoms with E-state index in [1.807, 2.05) is 11.4 Å². The van der Waals surface area contributed by atoms with Crippen molar-refractivity contribution in [3.63, 3.8) is 0 Å². The third-order valence-electron chi connectivity index (χ3n) is 3.96. The monoisotopic (exact) mass is 410 g/mol. The largest absolute Gasteiger partial charge is 0.507 e. The average Bonchev–Trinajstić information content (AvgIpc) is 3.45. The number of benzene rings is 1. The van der Waals surface area contributed by atoms with Gasteiger partial charge in [-0.1, -0.05) is 23.4 Å². The zero-order valence-electron chi connectivity index (χ0n) is 15.0. The Balaban J connectivity index is 1.69. The highest BCUT2D eigenvalue weighted by atomic mass is 32.1. The number of hydrazone groups is 1. The van der Waals surface area contributed by atoms with Crippen LogP contribution in [0.25, 0.3) is 16.4 Å².